The van der Waals surface area contributed by atoms with Gasteiger partial charge in [-0.25, -0.2) is 4.98 Å². The monoisotopic (exact) mass is 382 g/mol. The van der Waals surface area contributed by atoms with E-state index in [1.807, 2.05) is 42.5 Å². The zero-order chi connectivity index (χ0) is 19.4. The van der Waals surface area contributed by atoms with Gasteiger partial charge in [0, 0.05) is 12.1 Å². The van der Waals surface area contributed by atoms with Gasteiger partial charge in [0.25, 0.3) is 5.91 Å². The third-order valence-electron chi connectivity index (χ3n) is 4.05. The molecule has 1 aromatic heterocycles. The number of aromatic nitrogens is 1. The second-order valence-corrected chi connectivity index (χ2v) is 7.79. The lowest BCUT2D eigenvalue weighted by Gasteiger charge is -2.15. The van der Waals surface area contributed by atoms with Crippen LogP contribution in [-0.2, 0) is 20.7 Å². The third-order valence-corrected chi connectivity index (χ3v) is 5.08. The SMILES string of the molecule is CC(C)C(=O)O[C@@H](C)C(=O)Nc1ccc(Cc2nc3ccccc3s2)cc1. The summed E-state index contributed by atoms with van der Waals surface area (Å²) in [5, 5.41) is 3.83. The molecule has 3 rings (SSSR count). The van der Waals surface area contributed by atoms with E-state index in [0.29, 0.717) is 5.69 Å². The number of hydrogen-bond donors (Lipinski definition) is 1. The predicted molar refractivity (Wildman–Crippen MR) is 108 cm³/mol. The summed E-state index contributed by atoms with van der Waals surface area (Å²) in [5.74, 6) is -0.992. The topological polar surface area (TPSA) is 68.3 Å². The van der Waals surface area contributed by atoms with E-state index < -0.39 is 6.10 Å². The molecule has 0 bridgehead atoms. The lowest BCUT2D eigenvalue weighted by Crippen LogP contribution is -2.31. The van der Waals surface area contributed by atoms with Crippen molar-refractivity contribution in [3.05, 3.63) is 59.1 Å². The number of amides is 1. The average Bonchev–Trinajstić information content (AvgIpc) is 3.05. The van der Waals surface area contributed by atoms with Gasteiger partial charge in [-0.15, -0.1) is 11.3 Å². The first-order chi connectivity index (χ1) is 12.9. The van der Waals surface area contributed by atoms with Gasteiger partial charge in [-0.2, -0.15) is 0 Å². The minimum absolute atomic E-state index is 0.262. The molecule has 3 aromatic rings. The van der Waals surface area contributed by atoms with Crippen LogP contribution in [0.25, 0.3) is 10.2 Å². The van der Waals surface area contributed by atoms with Gasteiger partial charge in [0.05, 0.1) is 21.1 Å². The molecule has 1 amide bonds. The lowest BCUT2D eigenvalue weighted by atomic mass is 10.1. The van der Waals surface area contributed by atoms with Crippen molar-refractivity contribution < 1.29 is 14.3 Å². The molecule has 0 aliphatic carbocycles. The van der Waals surface area contributed by atoms with Gasteiger partial charge < -0.3 is 10.1 Å². The Morgan fingerprint density at radius 3 is 2.44 bits per heavy atom. The van der Waals surface area contributed by atoms with Crippen LogP contribution in [0.5, 0.6) is 0 Å². The Bertz CT molecular complexity index is 914. The maximum Gasteiger partial charge on any atom is 0.309 e. The van der Waals surface area contributed by atoms with Crippen LogP contribution >= 0.6 is 11.3 Å². The highest BCUT2D eigenvalue weighted by Gasteiger charge is 2.19. The zero-order valence-corrected chi connectivity index (χ0v) is 16.4. The van der Waals surface area contributed by atoms with E-state index in [0.717, 1.165) is 22.5 Å². The van der Waals surface area contributed by atoms with Crippen LogP contribution in [0, 0.1) is 5.92 Å². The van der Waals surface area contributed by atoms with E-state index in [4.69, 9.17) is 4.74 Å². The lowest BCUT2D eigenvalue weighted by molar-refractivity contribution is -0.156. The van der Waals surface area contributed by atoms with Crippen LogP contribution in [0.4, 0.5) is 5.69 Å². The quantitative estimate of drug-likeness (QED) is 0.641. The molecule has 1 N–H and O–H groups in total. The van der Waals surface area contributed by atoms with Gasteiger partial charge in [-0.1, -0.05) is 38.1 Å². The minimum atomic E-state index is -0.831. The van der Waals surface area contributed by atoms with Crippen molar-refractivity contribution in [1.29, 1.82) is 0 Å². The van der Waals surface area contributed by atoms with E-state index >= 15 is 0 Å². The molecule has 0 unspecified atom stereocenters. The number of benzene rings is 2. The Morgan fingerprint density at radius 1 is 1.07 bits per heavy atom. The molecule has 0 spiro atoms. The van der Waals surface area contributed by atoms with Crippen LogP contribution in [0.15, 0.2) is 48.5 Å². The summed E-state index contributed by atoms with van der Waals surface area (Å²) in [4.78, 5) is 28.4. The number of carbonyl (C=O) groups is 2. The first-order valence-corrected chi connectivity index (χ1v) is 9.69. The molecular weight excluding hydrogens is 360 g/mol. The fourth-order valence-corrected chi connectivity index (χ4v) is 3.49. The van der Waals surface area contributed by atoms with Crippen molar-refractivity contribution in [1.82, 2.24) is 4.98 Å². The molecule has 0 aliphatic heterocycles. The fraction of sp³-hybridized carbons (Fsp3) is 0.286. The standard InChI is InChI=1S/C21H22N2O3S/c1-13(2)21(25)26-14(3)20(24)22-16-10-8-15(9-11-16)12-19-23-17-6-4-5-7-18(17)27-19/h4-11,13-14H,12H2,1-3H3,(H,22,24)/t14-/m0/s1. The molecule has 1 heterocycles. The van der Waals surface area contributed by atoms with Gasteiger partial charge in [0.2, 0.25) is 0 Å². The fourth-order valence-electron chi connectivity index (χ4n) is 2.48. The van der Waals surface area contributed by atoms with Crippen LogP contribution in [0.3, 0.4) is 0 Å². The number of anilines is 1. The molecule has 2 aromatic carbocycles. The number of nitrogens with one attached hydrogen (secondary N) is 1. The predicted octanol–water partition coefficient (Wildman–Crippen LogP) is 4.41. The smallest absolute Gasteiger partial charge is 0.309 e. The summed E-state index contributed by atoms with van der Waals surface area (Å²) in [7, 11) is 0. The average molecular weight is 382 g/mol. The number of thiazole rings is 1. The molecular formula is C21H22N2O3S. The normalized spacial score (nSPS) is 12.1. The van der Waals surface area contributed by atoms with E-state index in [-0.39, 0.29) is 17.8 Å². The molecule has 0 saturated carbocycles. The highest BCUT2D eigenvalue weighted by atomic mass is 32.1. The van der Waals surface area contributed by atoms with Gasteiger partial charge in [-0.3, -0.25) is 9.59 Å². The highest BCUT2D eigenvalue weighted by molar-refractivity contribution is 7.18. The number of para-hydroxylation sites is 1. The minimum Gasteiger partial charge on any atom is -0.452 e. The Balaban J connectivity index is 1.59. The van der Waals surface area contributed by atoms with Crippen LogP contribution in [0.2, 0.25) is 0 Å². The maximum atomic E-state index is 12.1. The van der Waals surface area contributed by atoms with Gasteiger partial charge >= 0.3 is 5.97 Å². The van der Waals surface area contributed by atoms with Crippen LogP contribution < -0.4 is 5.32 Å². The molecule has 27 heavy (non-hydrogen) atoms. The van der Waals surface area contributed by atoms with Crippen LogP contribution in [-0.4, -0.2) is 23.0 Å². The van der Waals surface area contributed by atoms with Gasteiger partial charge in [0.1, 0.15) is 0 Å². The van der Waals surface area contributed by atoms with Crippen molar-refractivity contribution in [3.63, 3.8) is 0 Å². The molecule has 6 heteroatoms. The van der Waals surface area contributed by atoms with Gasteiger partial charge in [0.15, 0.2) is 6.10 Å². The summed E-state index contributed by atoms with van der Waals surface area (Å²) < 4.78 is 6.30. The summed E-state index contributed by atoms with van der Waals surface area (Å²) >= 11 is 1.69. The summed E-state index contributed by atoms with van der Waals surface area (Å²) in [5.41, 5.74) is 2.80. The Labute approximate surface area is 162 Å². The first-order valence-electron chi connectivity index (χ1n) is 8.87. The van der Waals surface area contributed by atoms with Crippen molar-refractivity contribution >= 4 is 39.1 Å². The van der Waals surface area contributed by atoms with Crippen molar-refractivity contribution in [2.75, 3.05) is 5.32 Å². The van der Waals surface area contributed by atoms with Crippen LogP contribution in [0.1, 0.15) is 31.3 Å². The molecule has 0 aliphatic rings. The Hall–Kier alpha value is -2.73. The number of carbonyl (C=O) groups excluding carboxylic acids is 2. The van der Waals surface area contributed by atoms with E-state index in [2.05, 4.69) is 16.4 Å². The van der Waals surface area contributed by atoms with E-state index in [9.17, 15) is 9.59 Å². The van der Waals surface area contributed by atoms with Crippen molar-refractivity contribution in [2.45, 2.75) is 33.3 Å². The number of esters is 1. The summed E-state index contributed by atoms with van der Waals surface area (Å²) in [6.07, 6.45) is -0.0852. The number of ether oxygens (including phenoxy) is 1. The van der Waals surface area contributed by atoms with E-state index in [1.54, 1.807) is 32.1 Å². The first kappa shape index (κ1) is 19.0. The Kier molecular flexibility index (Phi) is 5.86. The summed E-state index contributed by atoms with van der Waals surface area (Å²) in [6.45, 7) is 5.03. The second-order valence-electron chi connectivity index (χ2n) is 6.67. The molecule has 140 valence electrons. The number of nitrogens with zero attached hydrogens (tertiary/aromatic N) is 1. The number of hydrogen-bond acceptors (Lipinski definition) is 5. The zero-order valence-electron chi connectivity index (χ0n) is 15.6. The molecule has 5 nitrogen and oxygen atoms in total. The van der Waals surface area contributed by atoms with E-state index in [1.165, 1.54) is 4.70 Å². The number of rotatable bonds is 6. The Morgan fingerprint density at radius 2 is 1.78 bits per heavy atom. The third kappa shape index (κ3) is 4.92. The summed E-state index contributed by atoms with van der Waals surface area (Å²) in [6, 6.07) is 15.7. The largest absolute Gasteiger partial charge is 0.452 e. The molecule has 0 fully saturated rings. The van der Waals surface area contributed by atoms with Crippen molar-refractivity contribution in [2.24, 2.45) is 5.92 Å². The van der Waals surface area contributed by atoms with Crippen molar-refractivity contribution in [3.8, 4) is 0 Å². The molecule has 1 atom stereocenters. The molecule has 0 radical (unpaired) electrons. The number of fused-ring (bicyclic) bond motifs is 1. The molecule has 0 saturated heterocycles. The second kappa shape index (κ2) is 8.31. The van der Waals surface area contributed by atoms with Gasteiger partial charge in [-0.05, 0) is 36.8 Å². The highest BCUT2D eigenvalue weighted by Crippen LogP contribution is 2.24. The maximum absolute atomic E-state index is 12.1.